The number of carbonyl (C=O) groups is 1. The van der Waals surface area contributed by atoms with Crippen molar-refractivity contribution in [3.05, 3.63) is 28.6 Å². The lowest BCUT2D eigenvalue weighted by atomic mass is 9.95. The fraction of sp³-hybridized carbons (Fsp3) is 0.429. The second-order valence-electron chi connectivity index (χ2n) is 5.42. The van der Waals surface area contributed by atoms with Crippen LogP contribution in [0, 0.1) is 4.84 Å². The highest BCUT2D eigenvalue weighted by molar-refractivity contribution is 7.71. The van der Waals surface area contributed by atoms with Crippen LogP contribution in [0.15, 0.2) is 22.6 Å². The Morgan fingerprint density at radius 3 is 3.05 bits per heavy atom. The monoisotopic (exact) mass is 290 g/mol. The van der Waals surface area contributed by atoms with E-state index in [2.05, 4.69) is 10.3 Å². The van der Waals surface area contributed by atoms with Crippen molar-refractivity contribution in [1.29, 1.82) is 0 Å². The molecular formula is C14H14N2O3S. The lowest BCUT2D eigenvalue weighted by Crippen LogP contribution is -2.41. The Balaban J connectivity index is 1.56. The van der Waals surface area contributed by atoms with Crippen molar-refractivity contribution >= 4 is 29.2 Å². The molecule has 6 heteroatoms. The molecule has 2 aliphatic heterocycles. The van der Waals surface area contributed by atoms with Crippen LogP contribution < -0.4 is 5.32 Å². The number of nitrogens with one attached hydrogen (secondary N) is 2. The van der Waals surface area contributed by atoms with Gasteiger partial charge in [-0.15, -0.1) is 0 Å². The normalized spacial score (nSPS) is 28.1. The summed E-state index contributed by atoms with van der Waals surface area (Å²) in [6.45, 7) is 0. The molecule has 3 heterocycles. The van der Waals surface area contributed by atoms with Crippen molar-refractivity contribution in [2.24, 2.45) is 0 Å². The molecule has 20 heavy (non-hydrogen) atoms. The number of hydrogen-bond donors (Lipinski definition) is 2. The van der Waals surface area contributed by atoms with Gasteiger partial charge in [-0.2, -0.15) is 0 Å². The van der Waals surface area contributed by atoms with Crippen molar-refractivity contribution in [3.63, 3.8) is 0 Å². The third-order valence-electron chi connectivity index (χ3n) is 4.11. The molecule has 5 nitrogen and oxygen atoms in total. The minimum Gasteiger partial charge on any atom is -0.429 e. The van der Waals surface area contributed by atoms with E-state index in [4.69, 9.17) is 21.4 Å². The molecule has 0 spiro atoms. The van der Waals surface area contributed by atoms with E-state index in [-0.39, 0.29) is 18.1 Å². The van der Waals surface area contributed by atoms with Gasteiger partial charge in [0.2, 0.25) is 0 Å². The van der Waals surface area contributed by atoms with Gasteiger partial charge >= 0.3 is 0 Å². The van der Waals surface area contributed by atoms with Gasteiger partial charge in [-0.05, 0) is 49.7 Å². The van der Waals surface area contributed by atoms with Crippen molar-refractivity contribution in [2.45, 2.75) is 37.5 Å². The lowest BCUT2D eigenvalue weighted by molar-refractivity contribution is 0.0841. The second kappa shape index (κ2) is 4.43. The van der Waals surface area contributed by atoms with Crippen LogP contribution >= 0.6 is 12.2 Å². The van der Waals surface area contributed by atoms with Crippen molar-refractivity contribution in [2.75, 3.05) is 0 Å². The number of amides is 1. The van der Waals surface area contributed by atoms with Crippen LogP contribution in [0.1, 0.15) is 29.6 Å². The summed E-state index contributed by atoms with van der Waals surface area (Å²) in [6, 6.07) is 5.42. The van der Waals surface area contributed by atoms with Crippen LogP contribution in [0.2, 0.25) is 0 Å². The van der Waals surface area contributed by atoms with Crippen molar-refractivity contribution in [3.8, 4) is 0 Å². The second-order valence-corrected chi connectivity index (χ2v) is 5.79. The average molecular weight is 290 g/mol. The molecule has 2 N–H and O–H groups in total. The van der Waals surface area contributed by atoms with Gasteiger partial charge in [0.15, 0.2) is 5.58 Å². The van der Waals surface area contributed by atoms with Crippen LogP contribution in [0.25, 0.3) is 11.1 Å². The third kappa shape index (κ3) is 1.96. The maximum Gasteiger partial charge on any atom is 0.266 e. The van der Waals surface area contributed by atoms with E-state index >= 15 is 0 Å². The average Bonchev–Trinajstić information content (AvgIpc) is 3.10. The van der Waals surface area contributed by atoms with E-state index in [9.17, 15) is 4.79 Å². The molecule has 2 aromatic rings. The third-order valence-corrected chi connectivity index (χ3v) is 4.29. The molecule has 4 rings (SSSR count). The summed E-state index contributed by atoms with van der Waals surface area (Å²) in [6.07, 6.45) is 3.59. The first kappa shape index (κ1) is 12.1. The largest absolute Gasteiger partial charge is 0.429 e. The zero-order valence-electron chi connectivity index (χ0n) is 10.7. The summed E-state index contributed by atoms with van der Waals surface area (Å²) in [5.41, 5.74) is 1.99. The maximum atomic E-state index is 12.3. The Morgan fingerprint density at radius 2 is 2.30 bits per heavy atom. The lowest BCUT2D eigenvalue weighted by Gasteiger charge is -2.19. The molecule has 0 aliphatic carbocycles. The van der Waals surface area contributed by atoms with Crippen LogP contribution in [0.3, 0.4) is 0 Å². The number of carbonyl (C=O) groups excluding carboxylic acids is 1. The van der Waals surface area contributed by atoms with E-state index in [0.717, 1.165) is 24.8 Å². The molecule has 104 valence electrons. The fourth-order valence-electron chi connectivity index (χ4n) is 3.13. The SMILES string of the molecule is O=C(NC1CC2CCC1O2)c1ccc2[nH]c(=S)oc2c1. The molecule has 2 saturated heterocycles. The van der Waals surface area contributed by atoms with Crippen molar-refractivity contribution in [1.82, 2.24) is 10.3 Å². The number of rotatable bonds is 2. The summed E-state index contributed by atoms with van der Waals surface area (Å²) >= 11 is 4.93. The fourth-order valence-corrected chi connectivity index (χ4v) is 3.33. The predicted octanol–water partition coefficient (Wildman–Crippen LogP) is 2.54. The molecule has 2 bridgehead atoms. The number of H-pyrrole nitrogens is 1. The number of hydrogen-bond acceptors (Lipinski definition) is 4. The number of aromatic nitrogens is 1. The first-order valence-electron chi connectivity index (χ1n) is 6.78. The number of oxazole rings is 1. The van der Waals surface area contributed by atoms with Gasteiger partial charge in [-0.25, -0.2) is 0 Å². The van der Waals surface area contributed by atoms with Crippen molar-refractivity contribution < 1.29 is 13.9 Å². The molecule has 0 radical (unpaired) electrons. The summed E-state index contributed by atoms with van der Waals surface area (Å²) in [5.74, 6) is -0.0876. The minimum absolute atomic E-state index is 0.0876. The summed E-state index contributed by atoms with van der Waals surface area (Å²) in [5, 5.41) is 3.06. The number of benzene rings is 1. The Bertz CT molecular complexity index is 735. The van der Waals surface area contributed by atoms with Gasteiger partial charge in [-0.3, -0.25) is 4.79 Å². The Hall–Kier alpha value is -1.66. The zero-order chi connectivity index (χ0) is 13.7. The minimum atomic E-state index is -0.0876. The number of fused-ring (bicyclic) bond motifs is 3. The van der Waals surface area contributed by atoms with Crippen LogP contribution in [0.5, 0.6) is 0 Å². The van der Waals surface area contributed by atoms with Crippen LogP contribution in [0.4, 0.5) is 0 Å². The molecule has 3 unspecified atom stereocenters. The highest BCUT2D eigenvalue weighted by Gasteiger charge is 2.41. The molecule has 1 amide bonds. The molecule has 1 aromatic carbocycles. The van der Waals surface area contributed by atoms with Gasteiger partial charge in [0.1, 0.15) is 0 Å². The Morgan fingerprint density at radius 1 is 1.40 bits per heavy atom. The van der Waals surface area contributed by atoms with E-state index in [1.807, 2.05) is 0 Å². The highest BCUT2D eigenvalue weighted by Crippen LogP contribution is 2.34. The maximum absolute atomic E-state index is 12.3. The zero-order valence-corrected chi connectivity index (χ0v) is 11.5. The Kier molecular flexibility index (Phi) is 2.68. The van der Waals surface area contributed by atoms with E-state index in [1.165, 1.54) is 0 Å². The molecule has 2 aliphatic rings. The Labute approximate surface area is 120 Å². The smallest absolute Gasteiger partial charge is 0.266 e. The van der Waals surface area contributed by atoms with Gasteiger partial charge in [0.25, 0.3) is 10.7 Å². The molecule has 2 fully saturated rings. The van der Waals surface area contributed by atoms with Gasteiger partial charge in [0.05, 0.1) is 23.8 Å². The summed E-state index contributed by atoms with van der Waals surface area (Å²) in [4.78, 5) is 15.5. The first-order valence-corrected chi connectivity index (χ1v) is 7.19. The van der Waals surface area contributed by atoms with Gasteiger partial charge < -0.3 is 19.5 Å². The van der Waals surface area contributed by atoms with Crippen LogP contribution in [-0.2, 0) is 4.74 Å². The molecular weight excluding hydrogens is 276 g/mol. The molecule has 1 aromatic heterocycles. The topological polar surface area (TPSA) is 67.3 Å². The predicted molar refractivity (Wildman–Crippen MR) is 75.2 cm³/mol. The van der Waals surface area contributed by atoms with E-state index in [0.29, 0.717) is 22.1 Å². The van der Waals surface area contributed by atoms with Crippen LogP contribution in [-0.4, -0.2) is 29.1 Å². The highest BCUT2D eigenvalue weighted by atomic mass is 32.1. The standard InChI is InChI=1S/C14H14N2O3S/c17-13(15-10-6-8-2-4-11(10)18-8)7-1-3-9-12(5-7)19-14(20)16-9/h1,3,5,8,10-11H,2,4,6H2,(H,15,17)(H,16,20). The van der Waals surface area contributed by atoms with E-state index in [1.54, 1.807) is 18.2 Å². The number of ether oxygens (including phenoxy) is 1. The summed E-state index contributed by atoms with van der Waals surface area (Å²) in [7, 11) is 0. The quantitative estimate of drug-likeness (QED) is 0.834. The molecule has 0 saturated carbocycles. The van der Waals surface area contributed by atoms with Gasteiger partial charge in [-0.1, -0.05) is 0 Å². The molecule has 3 atom stereocenters. The first-order chi connectivity index (χ1) is 9.69. The van der Waals surface area contributed by atoms with Gasteiger partial charge in [0, 0.05) is 5.56 Å². The summed E-state index contributed by atoms with van der Waals surface area (Å²) < 4.78 is 11.1. The number of aromatic amines is 1. The van der Waals surface area contributed by atoms with E-state index < -0.39 is 0 Å².